The molecular formula is C14H20BrNO3S. The van der Waals surface area contributed by atoms with Gasteiger partial charge in [-0.05, 0) is 53.2 Å². The number of nitrogens with one attached hydrogen (secondary N) is 1. The van der Waals surface area contributed by atoms with Crippen molar-refractivity contribution in [1.82, 2.24) is 5.32 Å². The summed E-state index contributed by atoms with van der Waals surface area (Å²) in [7, 11) is 0. The zero-order valence-electron chi connectivity index (χ0n) is 11.7. The minimum absolute atomic E-state index is 0.0584. The lowest BCUT2D eigenvalue weighted by molar-refractivity contribution is -0.137. The van der Waals surface area contributed by atoms with E-state index < -0.39 is 5.97 Å². The van der Waals surface area contributed by atoms with Gasteiger partial charge in [0.1, 0.15) is 0 Å². The summed E-state index contributed by atoms with van der Waals surface area (Å²) in [5.41, 5.74) is 1.06. The van der Waals surface area contributed by atoms with E-state index in [9.17, 15) is 9.59 Å². The third-order valence-electron chi connectivity index (χ3n) is 3.26. The number of aryl methyl sites for hydroxylation is 1. The molecule has 1 heterocycles. The molecule has 0 spiro atoms. The molecule has 0 bridgehead atoms. The second-order valence-corrected chi connectivity index (χ2v) is 7.19. The molecule has 0 saturated carbocycles. The highest BCUT2D eigenvalue weighted by Crippen LogP contribution is 2.27. The van der Waals surface area contributed by atoms with E-state index in [0.29, 0.717) is 23.8 Å². The van der Waals surface area contributed by atoms with E-state index >= 15 is 0 Å². The van der Waals surface area contributed by atoms with E-state index in [1.165, 1.54) is 11.3 Å². The SMILES string of the molecule is CCC(CCNC(=O)c1cc(C)c(Br)s1)CCC(=O)O. The van der Waals surface area contributed by atoms with Crippen LogP contribution < -0.4 is 5.32 Å². The Hall–Kier alpha value is -0.880. The molecule has 1 atom stereocenters. The van der Waals surface area contributed by atoms with Crippen molar-refractivity contribution in [3.8, 4) is 0 Å². The van der Waals surface area contributed by atoms with Crippen LogP contribution in [-0.4, -0.2) is 23.5 Å². The highest BCUT2D eigenvalue weighted by Gasteiger charge is 2.12. The van der Waals surface area contributed by atoms with Gasteiger partial charge in [-0.15, -0.1) is 11.3 Å². The topological polar surface area (TPSA) is 66.4 Å². The highest BCUT2D eigenvalue weighted by atomic mass is 79.9. The Balaban J connectivity index is 2.35. The molecule has 1 amide bonds. The summed E-state index contributed by atoms with van der Waals surface area (Å²) in [6.45, 7) is 4.59. The Kier molecular flexibility index (Phi) is 7.23. The number of carbonyl (C=O) groups excluding carboxylic acids is 1. The van der Waals surface area contributed by atoms with E-state index in [-0.39, 0.29) is 12.3 Å². The van der Waals surface area contributed by atoms with Crippen LogP contribution in [-0.2, 0) is 4.79 Å². The van der Waals surface area contributed by atoms with Gasteiger partial charge in [0.25, 0.3) is 5.91 Å². The molecule has 0 aliphatic carbocycles. The lowest BCUT2D eigenvalue weighted by atomic mass is 9.97. The number of aliphatic carboxylic acids is 1. The predicted molar refractivity (Wildman–Crippen MR) is 84.4 cm³/mol. The molecule has 0 aromatic carbocycles. The fraction of sp³-hybridized carbons (Fsp3) is 0.571. The van der Waals surface area contributed by atoms with Crippen molar-refractivity contribution in [2.45, 2.75) is 39.5 Å². The lowest BCUT2D eigenvalue weighted by Gasteiger charge is -2.13. The maximum atomic E-state index is 11.9. The van der Waals surface area contributed by atoms with Crippen LogP contribution in [0.15, 0.2) is 9.85 Å². The van der Waals surface area contributed by atoms with Gasteiger partial charge in [-0.2, -0.15) is 0 Å². The number of thiophene rings is 1. The molecule has 0 radical (unpaired) electrons. The smallest absolute Gasteiger partial charge is 0.303 e. The molecule has 4 nitrogen and oxygen atoms in total. The van der Waals surface area contributed by atoms with Crippen molar-refractivity contribution in [3.05, 3.63) is 20.3 Å². The fourth-order valence-electron chi connectivity index (χ4n) is 1.93. The van der Waals surface area contributed by atoms with E-state index in [1.807, 2.05) is 19.9 Å². The van der Waals surface area contributed by atoms with Crippen molar-refractivity contribution in [1.29, 1.82) is 0 Å². The van der Waals surface area contributed by atoms with Crippen LogP contribution in [0.2, 0.25) is 0 Å². The highest BCUT2D eigenvalue weighted by molar-refractivity contribution is 9.11. The van der Waals surface area contributed by atoms with E-state index in [2.05, 4.69) is 21.2 Å². The number of halogens is 1. The molecular weight excluding hydrogens is 342 g/mol. The number of hydrogen-bond donors (Lipinski definition) is 2. The lowest BCUT2D eigenvalue weighted by Crippen LogP contribution is -2.25. The fourth-order valence-corrected chi connectivity index (χ4v) is 3.38. The second kappa shape index (κ2) is 8.42. The van der Waals surface area contributed by atoms with Crippen LogP contribution in [0.1, 0.15) is 47.8 Å². The number of hydrogen-bond acceptors (Lipinski definition) is 3. The normalized spacial score (nSPS) is 12.2. The maximum Gasteiger partial charge on any atom is 0.303 e. The van der Waals surface area contributed by atoms with Gasteiger partial charge in [0, 0.05) is 13.0 Å². The molecule has 6 heteroatoms. The number of amides is 1. The first-order chi connectivity index (χ1) is 9.43. The van der Waals surface area contributed by atoms with Crippen LogP contribution >= 0.6 is 27.3 Å². The largest absolute Gasteiger partial charge is 0.481 e. The molecule has 1 aromatic rings. The molecule has 0 fully saturated rings. The number of carboxylic acid groups (broad SMARTS) is 1. The van der Waals surface area contributed by atoms with Crippen LogP contribution in [0.3, 0.4) is 0 Å². The zero-order chi connectivity index (χ0) is 15.1. The van der Waals surface area contributed by atoms with Gasteiger partial charge in [0.2, 0.25) is 0 Å². The maximum absolute atomic E-state index is 11.9. The average molecular weight is 362 g/mol. The summed E-state index contributed by atoms with van der Waals surface area (Å²) in [5.74, 6) is -0.466. The van der Waals surface area contributed by atoms with Crippen molar-refractivity contribution >= 4 is 39.1 Å². The van der Waals surface area contributed by atoms with Crippen LogP contribution in [0.25, 0.3) is 0 Å². The van der Waals surface area contributed by atoms with Crippen LogP contribution in [0.4, 0.5) is 0 Å². The van der Waals surface area contributed by atoms with E-state index in [0.717, 1.165) is 22.2 Å². The van der Waals surface area contributed by atoms with Crippen molar-refractivity contribution in [3.63, 3.8) is 0 Å². The summed E-state index contributed by atoms with van der Waals surface area (Å²) < 4.78 is 0.982. The van der Waals surface area contributed by atoms with E-state index in [4.69, 9.17) is 5.11 Å². The summed E-state index contributed by atoms with van der Waals surface area (Å²) >= 11 is 4.83. The Morgan fingerprint density at radius 2 is 2.15 bits per heavy atom. The number of rotatable bonds is 8. The van der Waals surface area contributed by atoms with Gasteiger partial charge < -0.3 is 10.4 Å². The average Bonchev–Trinajstić information content (AvgIpc) is 2.73. The molecule has 0 aliphatic heterocycles. The first-order valence-corrected chi connectivity index (χ1v) is 8.30. The molecule has 1 aromatic heterocycles. The van der Waals surface area contributed by atoms with Gasteiger partial charge in [0.05, 0.1) is 8.66 Å². The Labute approximate surface area is 131 Å². The number of carboxylic acids is 1. The molecule has 1 unspecified atom stereocenters. The second-order valence-electron chi connectivity index (χ2n) is 4.82. The third-order valence-corrected chi connectivity index (χ3v) is 5.40. The number of carbonyl (C=O) groups is 2. The minimum atomic E-state index is -0.758. The van der Waals surface area contributed by atoms with Gasteiger partial charge >= 0.3 is 5.97 Å². The van der Waals surface area contributed by atoms with Crippen molar-refractivity contribution < 1.29 is 14.7 Å². The first kappa shape index (κ1) is 17.2. The summed E-state index contributed by atoms with van der Waals surface area (Å²) in [6, 6.07) is 1.87. The minimum Gasteiger partial charge on any atom is -0.481 e. The van der Waals surface area contributed by atoms with Crippen molar-refractivity contribution in [2.24, 2.45) is 5.92 Å². The van der Waals surface area contributed by atoms with E-state index in [1.54, 1.807) is 0 Å². The molecule has 1 rings (SSSR count). The molecule has 2 N–H and O–H groups in total. The van der Waals surface area contributed by atoms with Crippen molar-refractivity contribution in [2.75, 3.05) is 6.54 Å². The standard InChI is InChI=1S/C14H20BrNO3S/c1-3-10(4-5-12(17)18)6-7-16-14(19)11-8-9(2)13(15)20-11/h8,10H,3-7H2,1-2H3,(H,16,19)(H,17,18). The molecule has 0 aliphatic rings. The quantitative estimate of drug-likeness (QED) is 0.739. The van der Waals surface area contributed by atoms with Crippen LogP contribution in [0, 0.1) is 12.8 Å². The molecule has 112 valence electrons. The van der Waals surface area contributed by atoms with Crippen LogP contribution in [0.5, 0.6) is 0 Å². The summed E-state index contributed by atoms with van der Waals surface area (Å²) in [6.07, 6.45) is 2.63. The molecule has 0 saturated heterocycles. The zero-order valence-corrected chi connectivity index (χ0v) is 14.1. The van der Waals surface area contributed by atoms with Gasteiger partial charge in [-0.25, -0.2) is 0 Å². The predicted octanol–water partition coefficient (Wildman–Crippen LogP) is 3.83. The monoisotopic (exact) mass is 361 g/mol. The summed E-state index contributed by atoms with van der Waals surface area (Å²) in [5, 5.41) is 11.6. The molecule has 20 heavy (non-hydrogen) atoms. The van der Waals surface area contributed by atoms with Gasteiger partial charge in [-0.1, -0.05) is 13.3 Å². The van der Waals surface area contributed by atoms with Gasteiger partial charge in [0.15, 0.2) is 0 Å². The van der Waals surface area contributed by atoms with Gasteiger partial charge in [-0.3, -0.25) is 9.59 Å². The Morgan fingerprint density at radius 1 is 1.45 bits per heavy atom. The Bertz CT molecular complexity index is 453. The third kappa shape index (κ3) is 5.63. The summed E-state index contributed by atoms with van der Waals surface area (Å²) in [4.78, 5) is 23.2. The Morgan fingerprint density at radius 3 is 2.65 bits per heavy atom. The first-order valence-electron chi connectivity index (χ1n) is 6.70.